The molecule has 0 radical (unpaired) electrons. The Hall–Kier alpha value is -3.00. The van der Waals surface area contributed by atoms with E-state index in [1.807, 2.05) is 42.5 Å². The minimum atomic E-state index is -3.76. The van der Waals surface area contributed by atoms with Gasteiger partial charge >= 0.3 is 0 Å². The van der Waals surface area contributed by atoms with Gasteiger partial charge < -0.3 is 0 Å². The van der Waals surface area contributed by atoms with E-state index >= 15 is 0 Å². The summed E-state index contributed by atoms with van der Waals surface area (Å²) in [6.07, 6.45) is 3.44. The van der Waals surface area contributed by atoms with Gasteiger partial charge in [0.25, 0.3) is 0 Å². The zero-order chi connectivity index (χ0) is 19.7. The van der Waals surface area contributed by atoms with Crippen molar-refractivity contribution >= 4 is 21.6 Å². The van der Waals surface area contributed by atoms with Crippen LogP contribution in [0.3, 0.4) is 0 Å². The molecule has 4 rings (SSSR count). The molecular weight excluding hydrogens is 396 g/mol. The zero-order valence-corrected chi connectivity index (χ0v) is 16.1. The first kappa shape index (κ1) is 18.4. The topological polar surface area (TPSA) is 90.9 Å². The molecule has 0 aliphatic heterocycles. The maximum atomic E-state index is 11.5. The molecule has 0 aliphatic carbocycles. The van der Waals surface area contributed by atoms with E-state index in [-0.39, 0.29) is 4.90 Å². The molecule has 28 heavy (non-hydrogen) atoms. The van der Waals surface area contributed by atoms with Crippen molar-refractivity contribution in [3.05, 3.63) is 84.1 Å². The molecule has 4 aromatic rings. The summed E-state index contributed by atoms with van der Waals surface area (Å²) in [5.41, 5.74) is 4.07. The van der Waals surface area contributed by atoms with E-state index in [2.05, 4.69) is 4.98 Å². The fourth-order valence-electron chi connectivity index (χ4n) is 2.84. The van der Waals surface area contributed by atoms with Gasteiger partial charge in [0.2, 0.25) is 10.0 Å². The number of rotatable bonds is 4. The van der Waals surface area contributed by atoms with Crippen LogP contribution in [0.5, 0.6) is 0 Å². The molecule has 0 saturated carbocycles. The highest BCUT2D eigenvalue weighted by molar-refractivity contribution is 7.89. The van der Waals surface area contributed by atoms with Crippen molar-refractivity contribution in [2.24, 2.45) is 5.14 Å². The molecule has 140 valence electrons. The third-order valence-electron chi connectivity index (χ3n) is 4.22. The van der Waals surface area contributed by atoms with Crippen molar-refractivity contribution < 1.29 is 8.42 Å². The molecule has 2 N–H and O–H groups in total. The van der Waals surface area contributed by atoms with Crippen LogP contribution < -0.4 is 5.14 Å². The molecule has 2 aromatic carbocycles. The van der Waals surface area contributed by atoms with Crippen molar-refractivity contribution in [2.45, 2.75) is 4.90 Å². The first-order chi connectivity index (χ1) is 13.4. The number of sulfonamides is 1. The normalized spacial score (nSPS) is 11.5. The molecule has 0 bridgehead atoms. The van der Waals surface area contributed by atoms with E-state index in [1.54, 1.807) is 29.2 Å². The molecule has 0 atom stereocenters. The van der Waals surface area contributed by atoms with Gasteiger partial charge in [0.1, 0.15) is 0 Å². The van der Waals surface area contributed by atoms with Gasteiger partial charge in [-0.25, -0.2) is 18.2 Å². The average Bonchev–Trinajstić information content (AvgIpc) is 3.14. The standard InChI is InChI=1S/C20H15ClN4O2S/c21-16-5-3-14(4-6-16)20-12-19(15-2-1-11-23-13-15)24-25(20)17-7-9-18(10-8-17)28(22,26)27/h1-13H,(H2,22,26,27). The van der Waals surface area contributed by atoms with Crippen molar-refractivity contribution in [3.63, 3.8) is 0 Å². The highest BCUT2D eigenvalue weighted by atomic mass is 35.5. The summed E-state index contributed by atoms with van der Waals surface area (Å²) in [6.45, 7) is 0. The van der Waals surface area contributed by atoms with Crippen LogP contribution in [0.25, 0.3) is 28.2 Å². The second-order valence-corrected chi connectivity index (χ2v) is 8.11. The molecule has 2 aromatic heterocycles. The average molecular weight is 411 g/mol. The van der Waals surface area contributed by atoms with E-state index < -0.39 is 10.0 Å². The number of nitrogens with two attached hydrogens (primary N) is 1. The van der Waals surface area contributed by atoms with Gasteiger partial charge in [0.15, 0.2) is 0 Å². The Morgan fingerprint density at radius 3 is 2.25 bits per heavy atom. The summed E-state index contributed by atoms with van der Waals surface area (Å²) in [7, 11) is -3.76. The third-order valence-corrected chi connectivity index (χ3v) is 5.40. The number of pyridine rings is 1. The van der Waals surface area contributed by atoms with Crippen LogP contribution in [0, 0.1) is 0 Å². The van der Waals surface area contributed by atoms with Gasteiger partial charge in [-0.3, -0.25) is 4.98 Å². The summed E-state index contributed by atoms with van der Waals surface area (Å²) in [4.78, 5) is 4.19. The largest absolute Gasteiger partial charge is 0.264 e. The first-order valence-corrected chi connectivity index (χ1v) is 10.2. The first-order valence-electron chi connectivity index (χ1n) is 8.31. The summed E-state index contributed by atoms with van der Waals surface area (Å²) < 4.78 is 24.8. The van der Waals surface area contributed by atoms with E-state index in [4.69, 9.17) is 21.8 Å². The summed E-state index contributed by atoms with van der Waals surface area (Å²) >= 11 is 6.02. The molecule has 0 unspecified atom stereocenters. The summed E-state index contributed by atoms with van der Waals surface area (Å²) in [5, 5.41) is 10.5. The molecule has 0 saturated heterocycles. The minimum absolute atomic E-state index is 0.0453. The van der Waals surface area contributed by atoms with E-state index in [9.17, 15) is 8.42 Å². The van der Waals surface area contributed by atoms with E-state index in [0.717, 1.165) is 22.5 Å². The zero-order valence-electron chi connectivity index (χ0n) is 14.5. The van der Waals surface area contributed by atoms with Crippen molar-refractivity contribution in [1.82, 2.24) is 14.8 Å². The minimum Gasteiger partial charge on any atom is -0.264 e. The number of nitrogens with zero attached hydrogens (tertiary/aromatic N) is 3. The fourth-order valence-corrected chi connectivity index (χ4v) is 3.48. The molecule has 6 nitrogen and oxygen atoms in total. The monoisotopic (exact) mass is 410 g/mol. The van der Waals surface area contributed by atoms with Crippen molar-refractivity contribution in [2.75, 3.05) is 0 Å². The lowest BCUT2D eigenvalue weighted by Gasteiger charge is -2.08. The number of hydrogen-bond acceptors (Lipinski definition) is 4. The van der Waals surface area contributed by atoms with Crippen LogP contribution in [0.2, 0.25) is 5.02 Å². The van der Waals surface area contributed by atoms with Crippen LogP contribution in [0.15, 0.2) is 84.0 Å². The lowest BCUT2D eigenvalue weighted by molar-refractivity contribution is 0.598. The molecule has 0 fully saturated rings. The van der Waals surface area contributed by atoms with Crippen molar-refractivity contribution in [3.8, 4) is 28.2 Å². The Balaban J connectivity index is 1.87. The Labute approximate surface area is 167 Å². The van der Waals surface area contributed by atoms with Gasteiger partial charge in [0.05, 0.1) is 22.0 Å². The van der Waals surface area contributed by atoms with Crippen LogP contribution in [0.1, 0.15) is 0 Å². The Bertz CT molecular complexity index is 1220. The highest BCUT2D eigenvalue weighted by Gasteiger charge is 2.14. The van der Waals surface area contributed by atoms with Gasteiger partial charge in [-0.05, 0) is 54.6 Å². The fraction of sp³-hybridized carbons (Fsp3) is 0. The van der Waals surface area contributed by atoms with Crippen molar-refractivity contribution in [1.29, 1.82) is 0 Å². The Kier molecular flexibility index (Phi) is 4.72. The lowest BCUT2D eigenvalue weighted by atomic mass is 10.1. The third kappa shape index (κ3) is 3.68. The predicted molar refractivity (Wildman–Crippen MR) is 109 cm³/mol. The molecule has 8 heteroatoms. The van der Waals surface area contributed by atoms with Crippen LogP contribution >= 0.6 is 11.6 Å². The lowest BCUT2D eigenvalue weighted by Crippen LogP contribution is -2.12. The maximum Gasteiger partial charge on any atom is 0.238 e. The second kappa shape index (κ2) is 7.20. The van der Waals surface area contributed by atoms with Gasteiger partial charge in [0, 0.05) is 28.5 Å². The van der Waals surface area contributed by atoms with E-state index in [0.29, 0.717) is 10.7 Å². The van der Waals surface area contributed by atoms with Gasteiger partial charge in [-0.2, -0.15) is 5.10 Å². The molecule has 0 spiro atoms. The molecule has 0 aliphatic rings. The van der Waals surface area contributed by atoms with Crippen LogP contribution in [-0.2, 0) is 10.0 Å². The number of halogens is 1. The Morgan fingerprint density at radius 2 is 1.64 bits per heavy atom. The maximum absolute atomic E-state index is 11.5. The summed E-state index contributed by atoms with van der Waals surface area (Å²) in [5.74, 6) is 0. The number of benzene rings is 2. The SMILES string of the molecule is NS(=O)(=O)c1ccc(-n2nc(-c3cccnc3)cc2-c2ccc(Cl)cc2)cc1. The van der Waals surface area contributed by atoms with Gasteiger partial charge in [-0.1, -0.05) is 23.7 Å². The highest BCUT2D eigenvalue weighted by Crippen LogP contribution is 2.29. The smallest absolute Gasteiger partial charge is 0.238 e. The second-order valence-electron chi connectivity index (χ2n) is 6.11. The predicted octanol–water partition coefficient (Wildman–Crippen LogP) is 3.90. The quantitative estimate of drug-likeness (QED) is 0.552. The Morgan fingerprint density at radius 1 is 0.929 bits per heavy atom. The van der Waals surface area contributed by atoms with Crippen LogP contribution in [-0.4, -0.2) is 23.2 Å². The molecule has 0 amide bonds. The summed E-state index contributed by atoms with van der Waals surface area (Å²) in [6, 6.07) is 19.4. The van der Waals surface area contributed by atoms with Gasteiger partial charge in [-0.15, -0.1) is 0 Å². The van der Waals surface area contributed by atoms with E-state index in [1.165, 1.54) is 12.1 Å². The molecule has 2 heterocycles. The number of primary sulfonamides is 1. The molecular formula is C20H15ClN4O2S. The van der Waals surface area contributed by atoms with Crippen LogP contribution in [0.4, 0.5) is 0 Å². The number of hydrogen-bond donors (Lipinski definition) is 1. The number of aromatic nitrogens is 3.